The number of rotatable bonds is 5. The van der Waals surface area contributed by atoms with Gasteiger partial charge in [-0.2, -0.15) is 0 Å². The lowest BCUT2D eigenvalue weighted by atomic mass is 10.1. The van der Waals surface area contributed by atoms with Crippen LogP contribution in [0, 0.1) is 6.92 Å². The van der Waals surface area contributed by atoms with Gasteiger partial charge in [0.1, 0.15) is 5.75 Å². The van der Waals surface area contributed by atoms with E-state index in [9.17, 15) is 4.79 Å². The first-order chi connectivity index (χ1) is 13.0. The summed E-state index contributed by atoms with van der Waals surface area (Å²) in [7, 11) is 4.69. The van der Waals surface area contributed by atoms with Crippen molar-refractivity contribution >= 4 is 46.0 Å². The first-order valence-corrected chi connectivity index (χ1v) is 9.35. The van der Waals surface area contributed by atoms with Gasteiger partial charge in [0.25, 0.3) is 5.91 Å². The second-order valence-electron chi connectivity index (χ2n) is 5.81. The van der Waals surface area contributed by atoms with E-state index in [1.165, 1.54) is 11.8 Å². The van der Waals surface area contributed by atoms with Crippen molar-refractivity contribution in [3.8, 4) is 17.2 Å². The smallest absolute Gasteiger partial charge is 0.270 e. The molecule has 1 amide bonds. The quantitative estimate of drug-likeness (QED) is 0.546. The molecule has 1 heterocycles. The van der Waals surface area contributed by atoms with Gasteiger partial charge in [0, 0.05) is 11.6 Å². The number of hydrogen-bond donors (Lipinski definition) is 0. The minimum absolute atomic E-state index is 0.160. The Bertz CT molecular complexity index is 940. The maximum atomic E-state index is 13.0. The molecule has 27 heavy (non-hydrogen) atoms. The lowest BCUT2D eigenvalue weighted by Crippen LogP contribution is -2.27. The van der Waals surface area contributed by atoms with E-state index in [1.54, 1.807) is 44.4 Å². The summed E-state index contributed by atoms with van der Waals surface area (Å²) in [6, 6.07) is 11.2. The number of carbonyl (C=O) groups excluding carboxylic acids is 1. The molecule has 0 saturated carbocycles. The number of ether oxygens (including phenoxy) is 3. The molecule has 1 aliphatic heterocycles. The Morgan fingerprint density at radius 3 is 2.30 bits per heavy atom. The van der Waals surface area contributed by atoms with Crippen LogP contribution in [-0.4, -0.2) is 31.6 Å². The van der Waals surface area contributed by atoms with Gasteiger partial charge >= 0.3 is 0 Å². The Balaban J connectivity index is 2.01. The Kier molecular flexibility index (Phi) is 5.72. The van der Waals surface area contributed by atoms with Crippen LogP contribution in [0.1, 0.15) is 11.1 Å². The van der Waals surface area contributed by atoms with Crippen molar-refractivity contribution in [2.45, 2.75) is 6.92 Å². The molecule has 3 rings (SSSR count). The van der Waals surface area contributed by atoms with Crippen LogP contribution in [0.15, 0.2) is 41.3 Å². The zero-order chi connectivity index (χ0) is 19.6. The van der Waals surface area contributed by atoms with Crippen molar-refractivity contribution in [1.82, 2.24) is 0 Å². The molecular formula is C20H19NO4S2. The summed E-state index contributed by atoms with van der Waals surface area (Å²) in [6.45, 7) is 1.98. The number of hydrogen-bond acceptors (Lipinski definition) is 6. The predicted molar refractivity (Wildman–Crippen MR) is 113 cm³/mol. The van der Waals surface area contributed by atoms with E-state index in [0.717, 1.165) is 11.3 Å². The number of thiocarbonyl (C=S) groups is 1. The minimum atomic E-state index is -0.160. The number of benzene rings is 2. The van der Waals surface area contributed by atoms with Crippen molar-refractivity contribution in [2.24, 2.45) is 0 Å². The Labute approximate surface area is 167 Å². The lowest BCUT2D eigenvalue weighted by molar-refractivity contribution is -0.113. The molecule has 0 bridgehead atoms. The number of amides is 1. The SMILES string of the molecule is COc1cc(OC)c(OC)cc1C=C1SC(=S)N(c2cccc(C)c2)C1=O. The van der Waals surface area contributed by atoms with Crippen molar-refractivity contribution in [3.63, 3.8) is 0 Å². The van der Waals surface area contributed by atoms with E-state index < -0.39 is 0 Å². The van der Waals surface area contributed by atoms with Crippen LogP contribution in [0.25, 0.3) is 6.08 Å². The van der Waals surface area contributed by atoms with E-state index in [0.29, 0.717) is 32.0 Å². The van der Waals surface area contributed by atoms with Gasteiger partial charge in [0.15, 0.2) is 15.8 Å². The zero-order valence-electron chi connectivity index (χ0n) is 15.4. The Morgan fingerprint density at radius 2 is 1.67 bits per heavy atom. The summed E-state index contributed by atoms with van der Waals surface area (Å²) in [6.07, 6.45) is 1.76. The second kappa shape index (κ2) is 8.02. The molecule has 7 heteroatoms. The van der Waals surface area contributed by atoms with Crippen LogP contribution in [0.3, 0.4) is 0 Å². The standard InChI is InChI=1S/C20H19NO4S2/c1-12-6-5-7-14(8-12)21-19(22)18(27-20(21)26)10-13-9-16(24-3)17(25-4)11-15(13)23-2/h5-11H,1-4H3. The van der Waals surface area contributed by atoms with Crippen LogP contribution in [0.2, 0.25) is 0 Å². The van der Waals surface area contributed by atoms with Crippen molar-refractivity contribution in [2.75, 3.05) is 26.2 Å². The monoisotopic (exact) mass is 401 g/mol. The number of anilines is 1. The van der Waals surface area contributed by atoms with E-state index in [1.807, 2.05) is 31.2 Å². The molecule has 140 valence electrons. The third-order valence-corrected chi connectivity index (χ3v) is 5.38. The van der Waals surface area contributed by atoms with Crippen molar-refractivity contribution < 1.29 is 19.0 Å². The molecule has 0 atom stereocenters. The van der Waals surface area contributed by atoms with Crippen molar-refractivity contribution in [3.05, 3.63) is 52.4 Å². The second-order valence-corrected chi connectivity index (χ2v) is 7.48. The third-order valence-electron chi connectivity index (χ3n) is 4.08. The normalized spacial score (nSPS) is 15.4. The lowest BCUT2D eigenvalue weighted by Gasteiger charge is -2.15. The molecule has 0 unspecified atom stereocenters. The highest BCUT2D eigenvalue weighted by Crippen LogP contribution is 2.40. The maximum absolute atomic E-state index is 13.0. The molecule has 0 aliphatic carbocycles. The highest BCUT2D eigenvalue weighted by molar-refractivity contribution is 8.27. The zero-order valence-corrected chi connectivity index (χ0v) is 17.1. The van der Waals surface area contributed by atoms with Gasteiger partial charge in [-0.15, -0.1) is 0 Å². The molecule has 5 nitrogen and oxygen atoms in total. The highest BCUT2D eigenvalue weighted by Gasteiger charge is 2.33. The summed E-state index contributed by atoms with van der Waals surface area (Å²) < 4.78 is 16.6. The summed E-state index contributed by atoms with van der Waals surface area (Å²) in [5.74, 6) is 1.53. The van der Waals surface area contributed by atoms with Crippen LogP contribution in [0.5, 0.6) is 17.2 Å². The fourth-order valence-electron chi connectivity index (χ4n) is 2.76. The fourth-order valence-corrected chi connectivity index (χ4v) is 4.05. The molecule has 2 aromatic carbocycles. The molecule has 0 aromatic heterocycles. The van der Waals surface area contributed by atoms with Gasteiger partial charge < -0.3 is 14.2 Å². The molecule has 1 saturated heterocycles. The first-order valence-electron chi connectivity index (χ1n) is 8.13. The number of thioether (sulfide) groups is 1. The number of carbonyl (C=O) groups is 1. The summed E-state index contributed by atoms with van der Waals surface area (Å²) in [4.78, 5) is 15.0. The largest absolute Gasteiger partial charge is 0.496 e. The average Bonchev–Trinajstić information content (AvgIpc) is 2.94. The molecular weight excluding hydrogens is 382 g/mol. The highest BCUT2D eigenvalue weighted by atomic mass is 32.2. The minimum Gasteiger partial charge on any atom is -0.496 e. The van der Waals surface area contributed by atoms with Gasteiger partial charge in [-0.05, 0) is 36.8 Å². The van der Waals surface area contributed by atoms with E-state index in [-0.39, 0.29) is 5.91 Å². The van der Waals surface area contributed by atoms with Gasteiger partial charge in [0.05, 0.1) is 31.9 Å². The molecule has 1 fully saturated rings. The van der Waals surface area contributed by atoms with E-state index >= 15 is 0 Å². The number of nitrogens with zero attached hydrogens (tertiary/aromatic N) is 1. The van der Waals surface area contributed by atoms with E-state index in [2.05, 4.69) is 0 Å². The van der Waals surface area contributed by atoms with Gasteiger partial charge in [-0.3, -0.25) is 9.69 Å². The Hall–Kier alpha value is -2.51. The average molecular weight is 402 g/mol. The predicted octanol–water partition coefficient (Wildman–Crippen LogP) is 4.43. The third kappa shape index (κ3) is 3.79. The first kappa shape index (κ1) is 19.3. The molecule has 2 aromatic rings. The van der Waals surface area contributed by atoms with Crippen LogP contribution in [0.4, 0.5) is 5.69 Å². The summed E-state index contributed by atoms with van der Waals surface area (Å²) in [5.41, 5.74) is 2.53. The molecule has 1 aliphatic rings. The van der Waals surface area contributed by atoms with Gasteiger partial charge in [-0.25, -0.2) is 0 Å². The number of methoxy groups -OCH3 is 3. The Morgan fingerprint density at radius 1 is 1.00 bits per heavy atom. The van der Waals surface area contributed by atoms with Crippen LogP contribution in [-0.2, 0) is 4.79 Å². The van der Waals surface area contributed by atoms with Crippen LogP contribution < -0.4 is 19.1 Å². The number of aryl methyl sites for hydroxylation is 1. The van der Waals surface area contributed by atoms with Gasteiger partial charge in [0.2, 0.25) is 0 Å². The van der Waals surface area contributed by atoms with Crippen LogP contribution >= 0.6 is 24.0 Å². The summed E-state index contributed by atoms with van der Waals surface area (Å²) >= 11 is 6.70. The summed E-state index contributed by atoms with van der Waals surface area (Å²) in [5, 5.41) is 0. The topological polar surface area (TPSA) is 48.0 Å². The van der Waals surface area contributed by atoms with Crippen molar-refractivity contribution in [1.29, 1.82) is 0 Å². The molecule has 0 N–H and O–H groups in total. The fraction of sp³-hybridized carbons (Fsp3) is 0.200. The van der Waals surface area contributed by atoms with Gasteiger partial charge in [-0.1, -0.05) is 36.1 Å². The molecule has 0 radical (unpaired) electrons. The van der Waals surface area contributed by atoms with E-state index in [4.69, 9.17) is 26.4 Å². The molecule has 0 spiro atoms. The maximum Gasteiger partial charge on any atom is 0.270 e.